The van der Waals surface area contributed by atoms with Crippen LogP contribution in [0.2, 0.25) is 0 Å². The van der Waals surface area contributed by atoms with E-state index in [9.17, 15) is 13.2 Å². The molecule has 24 heavy (non-hydrogen) atoms. The van der Waals surface area contributed by atoms with E-state index in [1.54, 1.807) is 52.8 Å². The second kappa shape index (κ2) is 6.41. The van der Waals surface area contributed by atoms with E-state index in [0.29, 0.717) is 22.8 Å². The number of hydrogen-bond acceptors (Lipinski definition) is 4. The maximum Gasteiger partial charge on any atom is 0.259 e. The number of nitrogens with one attached hydrogen (secondary N) is 2. The fourth-order valence-corrected chi connectivity index (χ4v) is 3.72. The van der Waals surface area contributed by atoms with Gasteiger partial charge in [-0.25, -0.2) is 13.1 Å². The van der Waals surface area contributed by atoms with Gasteiger partial charge in [0.2, 0.25) is 10.0 Å². The highest BCUT2D eigenvalue weighted by atomic mass is 32.2. The number of carbonyl (C=O) groups excluding carboxylic acids is 1. The SMILES string of the molecule is Cc1cc(C(=O)Nc2cccc(S(=O)(=O)NC(C)(C)C)c2)c(C)o1. The van der Waals surface area contributed by atoms with Gasteiger partial charge in [-0.2, -0.15) is 0 Å². The molecule has 2 N–H and O–H groups in total. The second-order valence-electron chi connectivity index (χ2n) is 6.66. The van der Waals surface area contributed by atoms with E-state index < -0.39 is 15.6 Å². The third kappa shape index (κ3) is 4.46. The van der Waals surface area contributed by atoms with Crippen LogP contribution in [-0.2, 0) is 10.0 Å². The summed E-state index contributed by atoms with van der Waals surface area (Å²) in [6.07, 6.45) is 0. The highest BCUT2D eigenvalue weighted by Gasteiger charge is 2.22. The van der Waals surface area contributed by atoms with Crippen molar-refractivity contribution in [1.29, 1.82) is 0 Å². The molecule has 1 heterocycles. The Morgan fingerprint density at radius 1 is 1.12 bits per heavy atom. The molecule has 6 nitrogen and oxygen atoms in total. The van der Waals surface area contributed by atoms with Gasteiger partial charge in [-0.05, 0) is 58.9 Å². The first-order valence-electron chi connectivity index (χ1n) is 7.50. The summed E-state index contributed by atoms with van der Waals surface area (Å²) in [5.41, 5.74) is 0.229. The van der Waals surface area contributed by atoms with Gasteiger partial charge in [-0.15, -0.1) is 0 Å². The largest absolute Gasteiger partial charge is 0.466 e. The van der Waals surface area contributed by atoms with E-state index in [2.05, 4.69) is 10.0 Å². The summed E-state index contributed by atoms with van der Waals surface area (Å²) in [5.74, 6) is 0.814. The van der Waals surface area contributed by atoms with Gasteiger partial charge in [0.15, 0.2) is 0 Å². The molecular formula is C17H22N2O4S. The van der Waals surface area contributed by atoms with E-state index in [1.165, 1.54) is 12.1 Å². The molecular weight excluding hydrogens is 328 g/mol. The molecule has 2 rings (SSSR count). The normalized spacial score (nSPS) is 12.2. The van der Waals surface area contributed by atoms with Crippen LogP contribution >= 0.6 is 0 Å². The Hall–Kier alpha value is -2.12. The molecule has 0 aliphatic heterocycles. The van der Waals surface area contributed by atoms with Crippen LogP contribution in [0.25, 0.3) is 0 Å². The zero-order valence-electron chi connectivity index (χ0n) is 14.4. The average molecular weight is 350 g/mol. The molecule has 1 aromatic carbocycles. The molecule has 7 heteroatoms. The Morgan fingerprint density at radius 2 is 1.79 bits per heavy atom. The van der Waals surface area contributed by atoms with Crippen LogP contribution in [0, 0.1) is 13.8 Å². The van der Waals surface area contributed by atoms with Gasteiger partial charge < -0.3 is 9.73 Å². The van der Waals surface area contributed by atoms with Crippen molar-refractivity contribution >= 4 is 21.6 Å². The third-order valence-corrected chi connectivity index (χ3v) is 4.88. The van der Waals surface area contributed by atoms with E-state index in [4.69, 9.17) is 4.42 Å². The van der Waals surface area contributed by atoms with Crippen molar-refractivity contribution < 1.29 is 17.6 Å². The topological polar surface area (TPSA) is 88.4 Å². The molecule has 130 valence electrons. The molecule has 0 aliphatic rings. The number of sulfonamides is 1. The first kappa shape index (κ1) is 18.2. The van der Waals surface area contributed by atoms with Crippen LogP contribution in [-0.4, -0.2) is 19.9 Å². The van der Waals surface area contributed by atoms with Crippen LogP contribution in [0.5, 0.6) is 0 Å². The minimum absolute atomic E-state index is 0.0929. The molecule has 0 spiro atoms. The lowest BCUT2D eigenvalue weighted by Crippen LogP contribution is -2.40. The van der Waals surface area contributed by atoms with Gasteiger partial charge in [0, 0.05) is 11.2 Å². The van der Waals surface area contributed by atoms with Gasteiger partial charge in [0.25, 0.3) is 5.91 Å². The van der Waals surface area contributed by atoms with Crippen LogP contribution in [0.3, 0.4) is 0 Å². The minimum Gasteiger partial charge on any atom is -0.466 e. The van der Waals surface area contributed by atoms with Crippen molar-refractivity contribution in [1.82, 2.24) is 4.72 Å². The summed E-state index contributed by atoms with van der Waals surface area (Å²) in [7, 11) is -3.66. The molecule has 1 amide bonds. The molecule has 0 unspecified atom stereocenters. The number of furan rings is 1. The highest BCUT2D eigenvalue weighted by Crippen LogP contribution is 2.20. The summed E-state index contributed by atoms with van der Waals surface area (Å²) in [6.45, 7) is 8.76. The fourth-order valence-electron chi connectivity index (χ4n) is 2.26. The summed E-state index contributed by atoms with van der Waals surface area (Å²) in [6, 6.07) is 7.77. The van der Waals surface area contributed by atoms with Crippen molar-refractivity contribution in [2.75, 3.05) is 5.32 Å². The number of rotatable bonds is 4. The van der Waals surface area contributed by atoms with E-state index in [1.807, 2.05) is 0 Å². The molecule has 0 saturated carbocycles. The zero-order valence-corrected chi connectivity index (χ0v) is 15.2. The molecule has 0 bridgehead atoms. The summed E-state index contributed by atoms with van der Waals surface area (Å²) >= 11 is 0. The Balaban J connectivity index is 2.25. The Morgan fingerprint density at radius 3 is 2.33 bits per heavy atom. The fraction of sp³-hybridized carbons (Fsp3) is 0.353. The van der Waals surface area contributed by atoms with E-state index >= 15 is 0 Å². The summed E-state index contributed by atoms with van der Waals surface area (Å²) < 4.78 is 32.7. The van der Waals surface area contributed by atoms with Crippen molar-refractivity contribution in [3.05, 3.63) is 47.4 Å². The quantitative estimate of drug-likeness (QED) is 0.886. The molecule has 0 saturated heterocycles. The Labute approximate surface area is 142 Å². The van der Waals surface area contributed by atoms with Crippen LogP contribution in [0.15, 0.2) is 39.6 Å². The lowest BCUT2D eigenvalue weighted by Gasteiger charge is -2.20. The van der Waals surface area contributed by atoms with Crippen LogP contribution < -0.4 is 10.0 Å². The smallest absolute Gasteiger partial charge is 0.259 e. The van der Waals surface area contributed by atoms with Crippen LogP contribution in [0.4, 0.5) is 5.69 Å². The zero-order chi connectivity index (χ0) is 18.1. The Bertz CT molecular complexity index is 861. The van der Waals surface area contributed by atoms with Gasteiger partial charge in [-0.1, -0.05) is 6.07 Å². The maximum absolute atomic E-state index is 12.4. The van der Waals surface area contributed by atoms with Gasteiger partial charge in [-0.3, -0.25) is 4.79 Å². The van der Waals surface area contributed by atoms with E-state index in [0.717, 1.165) is 0 Å². The van der Waals surface area contributed by atoms with Gasteiger partial charge in [0.1, 0.15) is 11.5 Å². The number of amides is 1. The lowest BCUT2D eigenvalue weighted by atomic mass is 10.1. The predicted molar refractivity (Wildman–Crippen MR) is 92.7 cm³/mol. The second-order valence-corrected chi connectivity index (χ2v) is 8.35. The highest BCUT2D eigenvalue weighted by molar-refractivity contribution is 7.89. The summed E-state index contributed by atoms with van der Waals surface area (Å²) in [5, 5.41) is 2.70. The average Bonchev–Trinajstić information content (AvgIpc) is 2.75. The number of carbonyl (C=O) groups is 1. The minimum atomic E-state index is -3.66. The van der Waals surface area contributed by atoms with Crippen molar-refractivity contribution in [2.24, 2.45) is 0 Å². The number of benzene rings is 1. The van der Waals surface area contributed by atoms with Gasteiger partial charge in [0.05, 0.1) is 10.5 Å². The number of aryl methyl sites for hydroxylation is 2. The van der Waals surface area contributed by atoms with Gasteiger partial charge >= 0.3 is 0 Å². The number of anilines is 1. The van der Waals surface area contributed by atoms with Crippen LogP contribution in [0.1, 0.15) is 42.6 Å². The first-order chi connectivity index (χ1) is 11.0. The molecule has 0 radical (unpaired) electrons. The Kier molecular flexibility index (Phi) is 4.87. The van der Waals surface area contributed by atoms with Crippen molar-refractivity contribution in [2.45, 2.75) is 45.1 Å². The third-order valence-electron chi connectivity index (χ3n) is 3.13. The lowest BCUT2D eigenvalue weighted by molar-refractivity contribution is 0.102. The molecule has 0 aliphatic carbocycles. The summed E-state index contributed by atoms with van der Waals surface area (Å²) in [4.78, 5) is 12.4. The van der Waals surface area contributed by atoms with E-state index in [-0.39, 0.29) is 10.8 Å². The molecule has 0 atom stereocenters. The van der Waals surface area contributed by atoms with Crippen molar-refractivity contribution in [3.63, 3.8) is 0 Å². The number of hydrogen-bond donors (Lipinski definition) is 2. The predicted octanol–water partition coefficient (Wildman–Crippen LogP) is 3.23. The molecule has 2 aromatic rings. The molecule has 0 fully saturated rings. The molecule has 1 aromatic heterocycles. The first-order valence-corrected chi connectivity index (χ1v) is 8.99. The standard InChI is InChI=1S/C17H22N2O4S/c1-11-9-15(12(2)23-11)16(20)18-13-7-6-8-14(10-13)24(21,22)19-17(3,4)5/h6-10,19H,1-5H3,(H,18,20). The maximum atomic E-state index is 12.4. The monoisotopic (exact) mass is 350 g/mol. The van der Waals surface area contributed by atoms with Crippen molar-refractivity contribution in [3.8, 4) is 0 Å².